The lowest BCUT2D eigenvalue weighted by molar-refractivity contribution is 0.0754. The molecule has 1 amide bonds. The van der Waals surface area contributed by atoms with Crippen molar-refractivity contribution < 1.29 is 4.79 Å². The summed E-state index contributed by atoms with van der Waals surface area (Å²) in [6.45, 7) is 2.86. The van der Waals surface area contributed by atoms with Gasteiger partial charge in [0.05, 0.1) is 0 Å². The van der Waals surface area contributed by atoms with Gasteiger partial charge in [-0.25, -0.2) is 0 Å². The van der Waals surface area contributed by atoms with Gasteiger partial charge in [0.15, 0.2) is 0 Å². The molecule has 0 radical (unpaired) electrons. The molecule has 0 aliphatic heterocycles. The molecule has 2 bridgehead atoms. The molecule has 0 heterocycles. The SMILES string of the molecule is Cc1ccc(C(=O)N(C)CC2CC3CCC2C3)cc1N. The molecule has 3 heteroatoms. The van der Waals surface area contributed by atoms with Crippen molar-refractivity contribution in [3.63, 3.8) is 0 Å². The first-order chi connectivity index (χ1) is 9.54. The molecule has 108 valence electrons. The van der Waals surface area contributed by atoms with Crippen LogP contribution in [0.3, 0.4) is 0 Å². The largest absolute Gasteiger partial charge is 0.398 e. The van der Waals surface area contributed by atoms with Crippen LogP contribution in [0.1, 0.15) is 41.6 Å². The number of aryl methyl sites for hydroxylation is 1. The van der Waals surface area contributed by atoms with E-state index in [1.807, 2.05) is 31.0 Å². The van der Waals surface area contributed by atoms with Crippen LogP contribution in [0.15, 0.2) is 18.2 Å². The topological polar surface area (TPSA) is 46.3 Å². The van der Waals surface area contributed by atoms with Gasteiger partial charge in [-0.15, -0.1) is 0 Å². The Morgan fingerprint density at radius 1 is 1.35 bits per heavy atom. The minimum atomic E-state index is 0.0967. The Balaban J connectivity index is 1.65. The number of anilines is 1. The fraction of sp³-hybridized carbons (Fsp3) is 0.588. The number of carbonyl (C=O) groups excluding carboxylic acids is 1. The summed E-state index contributed by atoms with van der Waals surface area (Å²) in [5, 5.41) is 0. The summed E-state index contributed by atoms with van der Waals surface area (Å²) < 4.78 is 0. The van der Waals surface area contributed by atoms with Gasteiger partial charge in [0.25, 0.3) is 5.91 Å². The highest BCUT2D eigenvalue weighted by Gasteiger charge is 2.40. The lowest BCUT2D eigenvalue weighted by atomic mass is 9.88. The third-order valence-corrected chi connectivity index (χ3v) is 5.27. The van der Waals surface area contributed by atoms with Crippen LogP contribution in [-0.4, -0.2) is 24.4 Å². The fourth-order valence-corrected chi connectivity index (χ4v) is 4.03. The standard InChI is InChI=1S/C17H24N2O/c1-11-3-5-14(9-16(11)18)17(20)19(2)10-15-8-12-4-6-13(15)7-12/h3,5,9,12-13,15H,4,6-8,10,18H2,1-2H3. The van der Waals surface area contributed by atoms with Gasteiger partial charge in [0.2, 0.25) is 0 Å². The molecule has 2 saturated carbocycles. The monoisotopic (exact) mass is 272 g/mol. The molecular formula is C17H24N2O. The molecule has 3 unspecified atom stereocenters. The van der Waals surface area contributed by atoms with Gasteiger partial charge < -0.3 is 10.6 Å². The second-order valence-corrected chi connectivity index (χ2v) is 6.69. The summed E-state index contributed by atoms with van der Waals surface area (Å²) in [5.41, 5.74) is 8.33. The van der Waals surface area contributed by atoms with Crippen LogP contribution in [0.5, 0.6) is 0 Å². The summed E-state index contributed by atoms with van der Waals surface area (Å²) in [5.74, 6) is 2.60. The normalized spacial score (nSPS) is 27.8. The van der Waals surface area contributed by atoms with E-state index in [0.29, 0.717) is 17.2 Å². The number of fused-ring (bicyclic) bond motifs is 2. The number of carbonyl (C=O) groups is 1. The van der Waals surface area contributed by atoms with Gasteiger partial charge in [0, 0.05) is 24.8 Å². The van der Waals surface area contributed by atoms with Crippen molar-refractivity contribution >= 4 is 11.6 Å². The van der Waals surface area contributed by atoms with E-state index < -0.39 is 0 Å². The number of nitrogens with two attached hydrogens (primary N) is 1. The van der Waals surface area contributed by atoms with E-state index in [4.69, 9.17) is 5.73 Å². The van der Waals surface area contributed by atoms with E-state index in [-0.39, 0.29) is 5.91 Å². The average molecular weight is 272 g/mol. The Morgan fingerprint density at radius 3 is 2.75 bits per heavy atom. The van der Waals surface area contributed by atoms with Gasteiger partial charge >= 0.3 is 0 Å². The highest BCUT2D eigenvalue weighted by molar-refractivity contribution is 5.95. The summed E-state index contributed by atoms with van der Waals surface area (Å²) in [7, 11) is 1.92. The quantitative estimate of drug-likeness (QED) is 0.859. The molecule has 0 spiro atoms. The van der Waals surface area contributed by atoms with E-state index in [1.54, 1.807) is 6.07 Å². The van der Waals surface area contributed by atoms with E-state index in [2.05, 4.69) is 0 Å². The van der Waals surface area contributed by atoms with Crippen LogP contribution >= 0.6 is 0 Å². The van der Waals surface area contributed by atoms with Crippen LogP contribution in [0.2, 0.25) is 0 Å². The second-order valence-electron chi connectivity index (χ2n) is 6.69. The molecule has 2 N–H and O–H groups in total. The summed E-state index contributed by atoms with van der Waals surface area (Å²) in [6.07, 6.45) is 5.49. The highest BCUT2D eigenvalue weighted by Crippen LogP contribution is 2.48. The van der Waals surface area contributed by atoms with Gasteiger partial charge in [-0.1, -0.05) is 12.5 Å². The maximum Gasteiger partial charge on any atom is 0.253 e. The summed E-state index contributed by atoms with van der Waals surface area (Å²) >= 11 is 0. The van der Waals surface area contributed by atoms with Crippen LogP contribution in [-0.2, 0) is 0 Å². The minimum Gasteiger partial charge on any atom is -0.398 e. The highest BCUT2D eigenvalue weighted by atomic mass is 16.2. The predicted octanol–water partition coefficient (Wildman–Crippen LogP) is 3.09. The minimum absolute atomic E-state index is 0.0967. The number of rotatable bonds is 3. The zero-order valence-corrected chi connectivity index (χ0v) is 12.4. The maximum absolute atomic E-state index is 12.5. The smallest absolute Gasteiger partial charge is 0.253 e. The molecular weight excluding hydrogens is 248 g/mol. The number of benzene rings is 1. The molecule has 2 aliphatic carbocycles. The van der Waals surface area contributed by atoms with Gasteiger partial charge in [-0.3, -0.25) is 4.79 Å². The molecule has 20 heavy (non-hydrogen) atoms. The van der Waals surface area contributed by atoms with Crippen molar-refractivity contribution in [3.05, 3.63) is 29.3 Å². The Kier molecular flexibility index (Phi) is 3.45. The molecule has 1 aromatic rings. The number of hydrogen-bond acceptors (Lipinski definition) is 2. The molecule has 0 saturated heterocycles. The van der Waals surface area contributed by atoms with E-state index in [1.165, 1.54) is 25.7 Å². The Morgan fingerprint density at radius 2 is 2.15 bits per heavy atom. The van der Waals surface area contributed by atoms with E-state index >= 15 is 0 Å². The van der Waals surface area contributed by atoms with Crippen molar-refractivity contribution in [2.45, 2.75) is 32.6 Å². The predicted molar refractivity (Wildman–Crippen MR) is 81.5 cm³/mol. The number of nitrogens with zero attached hydrogens (tertiary/aromatic N) is 1. The third kappa shape index (κ3) is 2.41. The molecule has 1 aromatic carbocycles. The molecule has 2 aliphatic rings. The molecule has 3 nitrogen and oxygen atoms in total. The van der Waals surface area contributed by atoms with Crippen LogP contribution < -0.4 is 5.73 Å². The van der Waals surface area contributed by atoms with Gasteiger partial charge in [-0.2, -0.15) is 0 Å². The molecule has 3 atom stereocenters. The van der Waals surface area contributed by atoms with E-state index in [0.717, 1.165) is 23.9 Å². The van der Waals surface area contributed by atoms with Crippen molar-refractivity contribution in [1.29, 1.82) is 0 Å². The van der Waals surface area contributed by atoms with Crippen molar-refractivity contribution in [3.8, 4) is 0 Å². The fourth-order valence-electron chi connectivity index (χ4n) is 4.03. The molecule has 2 fully saturated rings. The van der Waals surface area contributed by atoms with Gasteiger partial charge in [-0.05, 0) is 61.6 Å². The Hall–Kier alpha value is -1.51. The van der Waals surface area contributed by atoms with Crippen molar-refractivity contribution in [1.82, 2.24) is 4.90 Å². The summed E-state index contributed by atoms with van der Waals surface area (Å²) in [6, 6.07) is 5.61. The zero-order chi connectivity index (χ0) is 14.3. The molecule has 3 rings (SSSR count). The zero-order valence-electron chi connectivity index (χ0n) is 12.4. The molecule has 0 aromatic heterocycles. The lowest BCUT2D eigenvalue weighted by Gasteiger charge is -2.27. The van der Waals surface area contributed by atoms with Crippen LogP contribution in [0.25, 0.3) is 0 Å². The number of amides is 1. The second kappa shape index (κ2) is 5.12. The van der Waals surface area contributed by atoms with Crippen LogP contribution in [0, 0.1) is 24.7 Å². The first kappa shape index (κ1) is 13.5. The van der Waals surface area contributed by atoms with Crippen LogP contribution in [0.4, 0.5) is 5.69 Å². The van der Waals surface area contributed by atoms with Gasteiger partial charge in [0.1, 0.15) is 0 Å². The Bertz CT molecular complexity index is 526. The first-order valence-electron chi connectivity index (χ1n) is 7.66. The summed E-state index contributed by atoms with van der Waals surface area (Å²) in [4.78, 5) is 14.4. The Labute approximate surface area is 121 Å². The first-order valence-corrected chi connectivity index (χ1v) is 7.66. The third-order valence-electron chi connectivity index (χ3n) is 5.27. The maximum atomic E-state index is 12.5. The lowest BCUT2D eigenvalue weighted by Crippen LogP contribution is -2.33. The van der Waals surface area contributed by atoms with Crippen molar-refractivity contribution in [2.75, 3.05) is 19.3 Å². The number of hydrogen-bond donors (Lipinski definition) is 1. The van der Waals surface area contributed by atoms with E-state index in [9.17, 15) is 4.79 Å². The number of nitrogen functional groups attached to an aromatic ring is 1. The average Bonchev–Trinajstić information content (AvgIpc) is 3.03. The van der Waals surface area contributed by atoms with Crippen molar-refractivity contribution in [2.24, 2.45) is 17.8 Å².